The number of H-pyrrole nitrogens is 3. The second-order valence-corrected chi connectivity index (χ2v) is 36.4. The van der Waals surface area contributed by atoms with Gasteiger partial charge in [0.25, 0.3) is 0 Å². The van der Waals surface area contributed by atoms with Crippen molar-refractivity contribution in [3.05, 3.63) is 90.3 Å². The number of aliphatic hydroxyl groups is 1. The maximum Gasteiger partial charge on any atom is 0.248 e. The van der Waals surface area contributed by atoms with Gasteiger partial charge in [-0.2, -0.15) is 0 Å². The Morgan fingerprint density at radius 3 is 1.50 bits per heavy atom. The smallest absolute Gasteiger partial charge is 0.248 e. The number of fused-ring (bicyclic) bond motifs is 9. The lowest BCUT2D eigenvalue weighted by atomic mass is 9.98. The average molecular weight is 1820 g/mol. The Kier molecular flexibility index (Phi) is 34.1. The van der Waals surface area contributed by atoms with Crippen molar-refractivity contribution in [1.29, 1.82) is 0 Å². The van der Waals surface area contributed by atoms with Crippen LogP contribution in [0.15, 0.2) is 73.4 Å². The van der Waals surface area contributed by atoms with Crippen molar-refractivity contribution in [3.8, 4) is 0 Å². The number of hydrogen-bond acceptors (Lipinski definition) is 20. The fraction of sp³-hybridized carbons (Fsp3) is 0.562. The molecular weight excluding hydrogens is 1700 g/mol. The van der Waals surface area contributed by atoms with Gasteiger partial charge in [-0.1, -0.05) is 122 Å². The van der Waals surface area contributed by atoms with Crippen LogP contribution in [0.3, 0.4) is 0 Å². The van der Waals surface area contributed by atoms with Gasteiger partial charge in [-0.25, -0.2) is 4.98 Å². The van der Waals surface area contributed by atoms with Crippen LogP contribution in [-0.2, 0) is 96.0 Å². The molecule has 0 aliphatic carbocycles. The summed E-state index contributed by atoms with van der Waals surface area (Å²) in [6, 6.07) is -6.52. The lowest BCUT2D eigenvalue weighted by Crippen LogP contribution is -2.62. The summed E-state index contributed by atoms with van der Waals surface area (Å²) in [6.07, 6.45) is 3.91. The van der Waals surface area contributed by atoms with Gasteiger partial charge < -0.3 is 104 Å². The number of carbonyl (C=O) groups excluding carboxylic acids is 16. The first kappa shape index (κ1) is 93.5. The number of imidazole rings is 1. The minimum absolute atomic E-state index is 0.0159. The van der Waals surface area contributed by atoms with Crippen molar-refractivity contribution in [3.63, 3.8) is 0 Å². The molecule has 3 aromatic heterocycles. The summed E-state index contributed by atoms with van der Waals surface area (Å²) in [7, 11) is 1.78. The van der Waals surface area contributed by atoms with E-state index in [0.717, 1.165) is 21.6 Å². The van der Waals surface area contributed by atoms with Crippen LogP contribution in [0, 0.1) is 17.8 Å². The molecule has 2 bridgehead atoms. The molecule has 4 saturated heterocycles. The van der Waals surface area contributed by atoms with E-state index >= 15 is 19.2 Å². The number of aromatic nitrogens is 4. The molecule has 652 valence electrons. The lowest BCUT2D eigenvalue weighted by Gasteiger charge is -2.34. The van der Waals surface area contributed by atoms with E-state index < -0.39 is 203 Å². The molecule has 37 nitrogen and oxygen atoms in total. The third kappa shape index (κ3) is 25.8. The van der Waals surface area contributed by atoms with E-state index in [-0.39, 0.29) is 92.5 Å². The first-order valence-corrected chi connectivity index (χ1v) is 44.2. The Morgan fingerprint density at radius 2 is 0.958 bits per heavy atom. The summed E-state index contributed by atoms with van der Waals surface area (Å²) >= 11 is 1.97. The zero-order chi connectivity index (χ0) is 87.3. The Morgan fingerprint density at radius 1 is 0.500 bits per heavy atom. The number of rotatable bonds is 16. The van der Waals surface area contributed by atoms with Gasteiger partial charge >= 0.3 is 0 Å². The van der Waals surface area contributed by atoms with Crippen LogP contribution in [0.25, 0.3) is 21.8 Å². The molecule has 16 amide bonds. The maximum atomic E-state index is 15.5. The van der Waals surface area contributed by atoms with Gasteiger partial charge in [-0.05, 0) is 114 Å². The highest BCUT2D eigenvalue weighted by Gasteiger charge is 2.46. The van der Waals surface area contributed by atoms with Gasteiger partial charge in [0.15, 0.2) is 0 Å². The summed E-state index contributed by atoms with van der Waals surface area (Å²) in [5.74, 6) is -16.0. The maximum absolute atomic E-state index is 15.5. The van der Waals surface area contributed by atoms with Gasteiger partial charge in [-0.3, -0.25) is 76.7 Å². The zero-order valence-corrected chi connectivity index (χ0v) is 72.5. The number of amides is 16. The van der Waals surface area contributed by atoms with Crippen molar-refractivity contribution in [2.24, 2.45) is 17.8 Å². The van der Waals surface area contributed by atoms with E-state index in [1.54, 1.807) is 109 Å². The van der Waals surface area contributed by atoms with Crippen LogP contribution in [0.1, 0.15) is 137 Å². The van der Waals surface area contributed by atoms with Crippen molar-refractivity contribution >= 4 is 160 Å². The molecule has 18 N–H and O–H groups in total. The largest absolute Gasteiger partial charge is 0.391 e. The molecule has 5 aromatic rings. The number of nitrogens with zero attached hydrogens (tertiary/aromatic N) is 3. The SMILES string of the molecule is CC(C)C[C@@H]1NC(=O)[C@H](Cc2cnc[nH]2)NC(=O)[C@H](Cc2c[nH]c3ccccc23)NC(=O)[C@H](C)NC(=O)[C@@H]2CSSC[C@H](NC(=O)[C@H](Cc3c[nH]c4ccccc34)NC(=O)[C@H](C(C)C)NC(=O)[C@H](CC(C)C)NC(=O)[C@H](CCC(=O)NC(C)I)NC(=O)CNC1=O)C(=O)N[C@@H]([C@@H](C)O)C(=O)N1CCC[C@@H]1C(=O)N1CCC[C@H]1C(=O)N[C@@H](C)C(=O)N2. The predicted octanol–water partition coefficient (Wildman–Crippen LogP) is -0.429. The number of alkyl halides is 1. The number of para-hydroxylation sites is 2. The van der Waals surface area contributed by atoms with Crippen LogP contribution in [0.5, 0.6) is 0 Å². The number of carbonyl (C=O) groups is 16. The first-order chi connectivity index (χ1) is 57.0. The molecule has 16 atom stereocenters. The quantitative estimate of drug-likeness (QED) is 0.0258. The van der Waals surface area contributed by atoms with Crippen molar-refractivity contribution in [2.45, 2.75) is 235 Å². The third-order valence-electron chi connectivity index (χ3n) is 21.1. The highest BCUT2D eigenvalue weighted by Crippen LogP contribution is 2.29. The molecule has 0 saturated carbocycles. The molecule has 40 heteroatoms. The van der Waals surface area contributed by atoms with Crippen LogP contribution >= 0.6 is 44.2 Å². The average Bonchev–Trinajstić information content (AvgIpc) is 1.64. The zero-order valence-electron chi connectivity index (χ0n) is 68.7. The minimum atomic E-state index is -1.75. The van der Waals surface area contributed by atoms with Crippen LogP contribution in [-0.4, -0.2) is 255 Å². The number of benzene rings is 2. The van der Waals surface area contributed by atoms with Crippen molar-refractivity contribution in [1.82, 2.24) is 104 Å². The Hall–Kier alpha value is -10.4. The molecule has 120 heavy (non-hydrogen) atoms. The molecule has 0 spiro atoms. The molecule has 1 unspecified atom stereocenters. The van der Waals surface area contributed by atoms with Crippen LogP contribution in [0.2, 0.25) is 0 Å². The second kappa shape index (κ2) is 43.7. The van der Waals surface area contributed by atoms with E-state index in [1.165, 1.54) is 43.1 Å². The van der Waals surface area contributed by atoms with E-state index in [1.807, 2.05) is 22.6 Å². The third-order valence-corrected chi connectivity index (χ3v) is 23.9. The standard InChI is InChI=1S/C80H111IN20O17S2/c1-39(2)27-54-69(107)85-35-64(104)90-53(23-24-63(103)89-45(10)81)70(108)93-55(28-40(3)4)74(112)98-65(41(5)6)78(116)95-57(30-47-33-84-52-20-14-12-18-50(47)52)72(110)97-60-37-120-119-36-59(96-68(106)43(8)88-77(115)61-21-15-25-100(61)79(117)62-22-16-26-101(62)80(118)66(44(9)102)99-76(60)114)75(113)87-42(7)67(105)91-56(29-46-32-83-51-19-13-11-17-49(46)51)71(109)94-58(73(111)92-54)31-48-34-82-38-86-48/h11-14,17-20,32-34,38-45,53-62,65-66,83-84,102H,15-16,21-31,35-37H2,1-10H3,(H,82,86)(H,85,107)(H,87,113)(H,88,115)(H,89,103)(H,90,104)(H,91,105)(H,92,111)(H,93,108)(H,94,109)(H,95,116)(H,96,106)(H,97,110)(H,98,112)(H,99,114)/t42-,43-,44+,45?,53-,54-,55-,56-,57-,58-,59-,60-,61-,62+,65-,66-/m0/s1. The minimum Gasteiger partial charge on any atom is -0.391 e. The molecule has 4 aliphatic heterocycles. The molecule has 4 aliphatic rings. The molecule has 0 radical (unpaired) electrons. The van der Waals surface area contributed by atoms with E-state index in [0.29, 0.717) is 51.5 Å². The van der Waals surface area contributed by atoms with E-state index in [9.17, 15) is 62.6 Å². The highest BCUT2D eigenvalue weighted by molar-refractivity contribution is 14.1. The Balaban J connectivity index is 1.12. The number of halogens is 1. The number of aliphatic hydroxyl groups excluding tert-OH is 1. The molecule has 2 aromatic carbocycles. The van der Waals surface area contributed by atoms with E-state index in [2.05, 4.69) is 94.4 Å². The Bertz CT molecular complexity index is 4540. The van der Waals surface area contributed by atoms with Gasteiger partial charge in [0.2, 0.25) is 94.5 Å². The topological polar surface area (TPSA) is 529 Å². The number of aromatic amines is 3. The summed E-state index contributed by atoms with van der Waals surface area (Å²) in [5, 5.41) is 50.5. The number of hydrogen-bond donors (Lipinski definition) is 18. The summed E-state index contributed by atoms with van der Waals surface area (Å²) in [4.78, 5) is 252. The van der Waals surface area contributed by atoms with Gasteiger partial charge in [-0.15, -0.1) is 0 Å². The number of nitrogens with one attached hydrogen (secondary N) is 17. The van der Waals surface area contributed by atoms with Gasteiger partial charge in [0.05, 0.1) is 23.0 Å². The molecule has 9 rings (SSSR count). The summed E-state index contributed by atoms with van der Waals surface area (Å²) in [5.41, 5.74) is 2.72. The summed E-state index contributed by atoms with van der Waals surface area (Å²) in [6.45, 7) is 15.2. The molecule has 4 fully saturated rings. The summed E-state index contributed by atoms with van der Waals surface area (Å²) < 4.78 is -0.350. The van der Waals surface area contributed by atoms with Gasteiger partial charge in [0, 0.05) is 96.4 Å². The second-order valence-electron chi connectivity index (χ2n) is 32.0. The van der Waals surface area contributed by atoms with Crippen LogP contribution < -0.4 is 74.4 Å². The Labute approximate surface area is 715 Å². The van der Waals surface area contributed by atoms with Crippen molar-refractivity contribution in [2.75, 3.05) is 31.1 Å². The highest BCUT2D eigenvalue weighted by atomic mass is 127. The fourth-order valence-electron chi connectivity index (χ4n) is 14.8. The predicted molar refractivity (Wildman–Crippen MR) is 454 cm³/mol. The monoisotopic (exact) mass is 1810 g/mol. The van der Waals surface area contributed by atoms with Crippen LogP contribution in [0.4, 0.5) is 0 Å². The van der Waals surface area contributed by atoms with E-state index in [4.69, 9.17) is 0 Å². The van der Waals surface area contributed by atoms with Gasteiger partial charge in [0.1, 0.15) is 84.6 Å². The first-order valence-electron chi connectivity index (χ1n) is 40.5. The fourth-order valence-corrected chi connectivity index (χ4v) is 17.4. The molecular formula is C80H111IN20O17S2. The van der Waals surface area contributed by atoms with Crippen molar-refractivity contribution < 1.29 is 81.8 Å². The lowest BCUT2D eigenvalue weighted by molar-refractivity contribution is -0.149. The molecule has 7 heterocycles. The normalized spacial score (nSPS) is 26.8.